The molecule has 1 fully saturated rings. The summed E-state index contributed by atoms with van der Waals surface area (Å²) >= 11 is 1.26. The highest BCUT2D eigenvalue weighted by molar-refractivity contribution is 7.11. The second kappa shape index (κ2) is 11.9. The highest BCUT2D eigenvalue weighted by atomic mass is 32.1. The van der Waals surface area contributed by atoms with E-state index < -0.39 is 5.82 Å². The van der Waals surface area contributed by atoms with Gasteiger partial charge in [-0.05, 0) is 24.3 Å². The smallest absolute Gasteiger partial charge is 0.316 e. The van der Waals surface area contributed by atoms with E-state index in [4.69, 9.17) is 18.9 Å². The molecule has 2 aromatic carbocycles. The molecule has 12 nitrogen and oxygen atoms in total. The van der Waals surface area contributed by atoms with Crippen molar-refractivity contribution in [2.24, 2.45) is 0 Å². The van der Waals surface area contributed by atoms with Crippen LogP contribution in [-0.4, -0.2) is 69.1 Å². The van der Waals surface area contributed by atoms with Crippen LogP contribution in [0, 0.1) is 5.82 Å². The van der Waals surface area contributed by atoms with Crippen molar-refractivity contribution in [1.29, 1.82) is 0 Å². The lowest BCUT2D eigenvalue weighted by Gasteiger charge is -2.38. The number of ether oxygens (including phenoxy) is 4. The first-order chi connectivity index (χ1) is 20.9. The molecular weight excluding hydrogens is 577 g/mol. The van der Waals surface area contributed by atoms with Gasteiger partial charge in [0.1, 0.15) is 29.8 Å². The molecule has 0 radical (unpaired) electrons. The van der Waals surface area contributed by atoms with Crippen LogP contribution in [0.25, 0.3) is 22.2 Å². The number of benzene rings is 2. The summed E-state index contributed by atoms with van der Waals surface area (Å²) in [5.41, 5.74) is 2.06. The van der Waals surface area contributed by atoms with Crippen molar-refractivity contribution in [3.8, 4) is 39.7 Å². The molecule has 6 rings (SSSR count). The average molecular weight is 602 g/mol. The lowest BCUT2D eigenvalue weighted by atomic mass is 10.1. The third-order valence-corrected chi connectivity index (χ3v) is 7.25. The van der Waals surface area contributed by atoms with E-state index in [1.807, 2.05) is 0 Å². The Morgan fingerprint density at radius 1 is 1.09 bits per heavy atom. The minimum atomic E-state index is -0.559. The molecule has 1 saturated heterocycles. The molecule has 0 saturated carbocycles. The number of nitrogens with zero attached hydrogens (tertiary/aromatic N) is 6. The van der Waals surface area contributed by atoms with Gasteiger partial charge in [-0.15, -0.1) is 0 Å². The van der Waals surface area contributed by atoms with Crippen LogP contribution in [-0.2, 0) is 4.79 Å². The van der Waals surface area contributed by atoms with Gasteiger partial charge in [0.2, 0.25) is 5.91 Å². The van der Waals surface area contributed by atoms with Gasteiger partial charge in [0, 0.05) is 40.9 Å². The molecule has 1 amide bonds. The van der Waals surface area contributed by atoms with Crippen molar-refractivity contribution in [3.63, 3.8) is 0 Å². The lowest BCUT2D eigenvalue weighted by Crippen LogP contribution is -2.55. The second-order valence-corrected chi connectivity index (χ2v) is 10.1. The number of rotatable bonds is 10. The van der Waals surface area contributed by atoms with E-state index in [1.165, 1.54) is 44.0 Å². The maximum absolute atomic E-state index is 15.2. The van der Waals surface area contributed by atoms with Crippen LogP contribution in [0.3, 0.4) is 0 Å². The Balaban J connectivity index is 1.18. The minimum absolute atomic E-state index is 0.149. The van der Waals surface area contributed by atoms with Crippen molar-refractivity contribution in [2.75, 3.05) is 32.6 Å². The lowest BCUT2D eigenvalue weighted by molar-refractivity contribution is -0.134. The third kappa shape index (κ3) is 5.85. The number of carbonyl (C=O) groups is 1. The predicted molar refractivity (Wildman–Crippen MR) is 157 cm³/mol. The van der Waals surface area contributed by atoms with E-state index in [1.54, 1.807) is 46.9 Å². The second-order valence-electron chi connectivity index (χ2n) is 9.26. The van der Waals surface area contributed by atoms with E-state index in [9.17, 15) is 4.79 Å². The number of halogens is 1. The van der Waals surface area contributed by atoms with Crippen molar-refractivity contribution >= 4 is 39.7 Å². The predicted octanol–water partition coefficient (Wildman–Crippen LogP) is 5.01. The molecule has 4 heterocycles. The number of amides is 1. The van der Waals surface area contributed by atoms with Crippen LogP contribution in [0.5, 0.6) is 28.5 Å². The van der Waals surface area contributed by atoms with Gasteiger partial charge < -0.3 is 29.2 Å². The maximum atomic E-state index is 15.2. The summed E-state index contributed by atoms with van der Waals surface area (Å²) in [6.07, 6.45) is 5.63. The average Bonchev–Trinajstić information content (AvgIpc) is 3.48. The zero-order chi connectivity index (χ0) is 29.9. The van der Waals surface area contributed by atoms with Crippen LogP contribution in [0.15, 0.2) is 67.1 Å². The van der Waals surface area contributed by atoms with Gasteiger partial charge in [0.25, 0.3) is 5.19 Å². The molecule has 43 heavy (non-hydrogen) atoms. The van der Waals surface area contributed by atoms with E-state index in [0.29, 0.717) is 57.8 Å². The summed E-state index contributed by atoms with van der Waals surface area (Å²) in [4.78, 5) is 34.6. The van der Waals surface area contributed by atoms with Crippen LogP contribution >= 0.6 is 11.3 Å². The molecule has 5 aromatic rings. The normalized spacial score (nSPS) is 12.9. The number of hydrogen-bond acceptors (Lipinski definition) is 12. The molecular formula is C29H24FN7O5S. The highest BCUT2D eigenvalue weighted by Crippen LogP contribution is 2.37. The first-order valence-corrected chi connectivity index (χ1v) is 13.8. The SMILES string of the molecule is C=CC(=O)N1CC(Oc2cc3c(Nc4ccc(Oc5nc(-c6cnc(OC)nc6)cs5)cc4F)ncnc3cc2OC)C1. The molecule has 0 spiro atoms. The minimum Gasteiger partial charge on any atom is -0.493 e. The van der Waals surface area contributed by atoms with E-state index in [2.05, 4.69) is 36.8 Å². The van der Waals surface area contributed by atoms with E-state index >= 15 is 4.39 Å². The summed E-state index contributed by atoms with van der Waals surface area (Å²) < 4.78 is 37.6. The molecule has 3 aromatic heterocycles. The zero-order valence-electron chi connectivity index (χ0n) is 23.0. The van der Waals surface area contributed by atoms with Gasteiger partial charge in [0.15, 0.2) is 11.5 Å². The van der Waals surface area contributed by atoms with Crippen molar-refractivity contribution in [3.05, 3.63) is 72.9 Å². The molecule has 1 aliphatic heterocycles. The van der Waals surface area contributed by atoms with E-state index in [-0.39, 0.29) is 29.5 Å². The quantitative estimate of drug-likeness (QED) is 0.217. The summed E-state index contributed by atoms with van der Waals surface area (Å²) in [6.45, 7) is 4.37. The Morgan fingerprint density at radius 3 is 2.63 bits per heavy atom. The number of anilines is 2. The zero-order valence-corrected chi connectivity index (χ0v) is 23.8. The van der Waals surface area contributed by atoms with Gasteiger partial charge in [-0.25, -0.2) is 29.3 Å². The van der Waals surface area contributed by atoms with Crippen LogP contribution < -0.4 is 24.3 Å². The van der Waals surface area contributed by atoms with Gasteiger partial charge in [0.05, 0.1) is 44.2 Å². The first kappa shape index (κ1) is 27.8. The molecule has 14 heteroatoms. The fourth-order valence-corrected chi connectivity index (χ4v) is 4.99. The number of hydrogen-bond donors (Lipinski definition) is 1. The summed E-state index contributed by atoms with van der Waals surface area (Å²) in [7, 11) is 3.02. The molecule has 218 valence electrons. The number of carbonyl (C=O) groups excluding carboxylic acids is 1. The van der Waals surface area contributed by atoms with Gasteiger partial charge >= 0.3 is 6.01 Å². The fourth-order valence-electron chi connectivity index (χ4n) is 4.30. The molecule has 0 atom stereocenters. The topological polar surface area (TPSA) is 134 Å². The van der Waals surface area contributed by atoms with Crippen LogP contribution in [0.1, 0.15) is 0 Å². The highest BCUT2D eigenvalue weighted by Gasteiger charge is 2.31. The van der Waals surface area contributed by atoms with Crippen molar-refractivity contribution in [1.82, 2.24) is 29.8 Å². The molecule has 0 bridgehead atoms. The van der Waals surface area contributed by atoms with Gasteiger partial charge in [-0.1, -0.05) is 17.9 Å². The van der Waals surface area contributed by atoms with Crippen LogP contribution in [0.2, 0.25) is 0 Å². The third-order valence-electron chi connectivity index (χ3n) is 6.54. The molecule has 0 unspecified atom stereocenters. The Labute approximate surface area is 248 Å². The number of likely N-dealkylation sites (tertiary alicyclic amines) is 1. The molecule has 1 aliphatic rings. The van der Waals surface area contributed by atoms with Crippen molar-refractivity contribution in [2.45, 2.75) is 6.10 Å². The maximum Gasteiger partial charge on any atom is 0.316 e. The number of nitrogens with one attached hydrogen (secondary N) is 1. The Morgan fingerprint density at radius 2 is 1.91 bits per heavy atom. The Kier molecular flexibility index (Phi) is 7.66. The summed E-state index contributed by atoms with van der Waals surface area (Å²) in [5.74, 6) is 0.862. The van der Waals surface area contributed by atoms with Gasteiger partial charge in [-0.2, -0.15) is 0 Å². The fraction of sp³-hybridized carbons (Fsp3) is 0.172. The Hall–Kier alpha value is -5.37. The van der Waals surface area contributed by atoms with Crippen molar-refractivity contribution < 1.29 is 28.1 Å². The Bertz CT molecular complexity index is 1810. The summed E-state index contributed by atoms with van der Waals surface area (Å²) in [5, 5.41) is 5.75. The van der Waals surface area contributed by atoms with Crippen LogP contribution in [0.4, 0.5) is 15.9 Å². The molecule has 0 aliphatic carbocycles. The number of fused-ring (bicyclic) bond motifs is 1. The standard InChI is InChI=1S/C29H24FN7O5S/c1-4-26(38)37-12-18(13-37)41-25-8-19-22(9-24(25)39-2)33-15-34-27(19)35-21-6-5-17(7-20(21)30)42-29-36-23(14-43-29)16-10-31-28(40-3)32-11-16/h4-11,14-15,18H,1,12-13H2,2-3H3,(H,33,34,35). The monoisotopic (exact) mass is 601 g/mol. The van der Waals surface area contributed by atoms with Gasteiger partial charge in [-0.3, -0.25) is 4.79 Å². The molecule has 1 N–H and O–H groups in total. The summed E-state index contributed by atoms with van der Waals surface area (Å²) in [6, 6.07) is 8.13. The number of aromatic nitrogens is 5. The number of thiazole rings is 1. The largest absolute Gasteiger partial charge is 0.493 e. The first-order valence-electron chi connectivity index (χ1n) is 12.9. The number of methoxy groups -OCH3 is 2. The van der Waals surface area contributed by atoms with E-state index in [0.717, 1.165) is 0 Å².